The minimum Gasteiger partial charge on any atom is -0.300 e. The Hall–Kier alpha value is -2.65. The fourth-order valence-corrected chi connectivity index (χ4v) is 2.88. The van der Waals surface area contributed by atoms with Crippen molar-refractivity contribution in [2.45, 2.75) is 0 Å². The molecule has 4 aromatic rings. The van der Waals surface area contributed by atoms with Crippen LogP contribution in [-0.4, -0.2) is 14.8 Å². The van der Waals surface area contributed by atoms with Crippen molar-refractivity contribution in [2.24, 2.45) is 0 Å². The summed E-state index contributed by atoms with van der Waals surface area (Å²) in [7, 11) is 0. The lowest BCUT2D eigenvalue weighted by Crippen LogP contribution is -1.95. The lowest BCUT2D eigenvalue weighted by atomic mass is 10.2. The van der Waals surface area contributed by atoms with Crippen LogP contribution in [0, 0.1) is 0 Å². The highest BCUT2D eigenvalue weighted by atomic mass is 35.5. The summed E-state index contributed by atoms with van der Waals surface area (Å²) in [4.78, 5) is 16.2. The molecule has 22 heavy (non-hydrogen) atoms. The maximum absolute atomic E-state index is 11.6. The van der Waals surface area contributed by atoms with Crippen LogP contribution < -0.4 is 0 Å². The SMILES string of the molecule is O=C(Cl)c1cn(-c2cc3ccccc3cn2)c2ccccc12. The van der Waals surface area contributed by atoms with Gasteiger partial charge in [-0.3, -0.25) is 4.79 Å². The van der Waals surface area contributed by atoms with Gasteiger partial charge in [0.25, 0.3) is 5.24 Å². The van der Waals surface area contributed by atoms with Crippen molar-refractivity contribution in [3.05, 3.63) is 72.6 Å². The molecule has 0 atom stereocenters. The highest BCUT2D eigenvalue weighted by Crippen LogP contribution is 2.26. The summed E-state index contributed by atoms with van der Waals surface area (Å²) in [5, 5.41) is 2.55. The van der Waals surface area contributed by atoms with Crippen LogP contribution in [0.2, 0.25) is 0 Å². The molecular weight excluding hydrogens is 296 g/mol. The van der Waals surface area contributed by atoms with E-state index in [0.29, 0.717) is 5.56 Å². The first-order valence-electron chi connectivity index (χ1n) is 6.89. The molecule has 0 saturated heterocycles. The number of rotatable bonds is 2. The Morgan fingerprint density at radius 2 is 1.73 bits per heavy atom. The predicted octanol–water partition coefficient (Wildman–Crippen LogP) is 4.56. The summed E-state index contributed by atoms with van der Waals surface area (Å²) in [6.45, 7) is 0. The number of nitrogens with zero attached hydrogens (tertiary/aromatic N) is 2. The van der Waals surface area contributed by atoms with Gasteiger partial charge in [0.05, 0.1) is 11.1 Å². The highest BCUT2D eigenvalue weighted by Gasteiger charge is 2.14. The first-order valence-corrected chi connectivity index (χ1v) is 7.27. The van der Waals surface area contributed by atoms with Gasteiger partial charge in [-0.05, 0) is 29.1 Å². The van der Waals surface area contributed by atoms with Crippen LogP contribution in [0.15, 0.2) is 67.0 Å². The van der Waals surface area contributed by atoms with Crippen molar-refractivity contribution in [1.82, 2.24) is 9.55 Å². The third-order valence-electron chi connectivity index (χ3n) is 3.79. The van der Waals surface area contributed by atoms with E-state index in [1.807, 2.05) is 65.4 Å². The summed E-state index contributed by atoms with van der Waals surface area (Å²) in [6.07, 6.45) is 3.58. The molecule has 0 radical (unpaired) electrons. The van der Waals surface area contributed by atoms with Crippen molar-refractivity contribution < 1.29 is 4.79 Å². The molecule has 106 valence electrons. The molecule has 0 N–H and O–H groups in total. The predicted molar refractivity (Wildman–Crippen MR) is 88.8 cm³/mol. The van der Waals surface area contributed by atoms with E-state index in [1.165, 1.54) is 0 Å². The minimum atomic E-state index is -0.462. The lowest BCUT2D eigenvalue weighted by molar-refractivity contribution is 0.108. The molecule has 0 aliphatic carbocycles. The van der Waals surface area contributed by atoms with Crippen LogP contribution in [0.4, 0.5) is 0 Å². The van der Waals surface area contributed by atoms with Gasteiger partial charge < -0.3 is 4.57 Å². The minimum absolute atomic E-state index is 0.462. The maximum Gasteiger partial charge on any atom is 0.254 e. The van der Waals surface area contributed by atoms with Crippen molar-refractivity contribution in [2.75, 3.05) is 0 Å². The molecular formula is C18H11ClN2O. The molecule has 0 aliphatic rings. The van der Waals surface area contributed by atoms with Gasteiger partial charge in [-0.15, -0.1) is 0 Å². The Morgan fingerprint density at radius 1 is 1.00 bits per heavy atom. The Morgan fingerprint density at radius 3 is 2.55 bits per heavy atom. The van der Waals surface area contributed by atoms with Gasteiger partial charge in [-0.25, -0.2) is 4.98 Å². The summed E-state index contributed by atoms with van der Waals surface area (Å²) in [5.41, 5.74) is 1.40. The van der Waals surface area contributed by atoms with Crippen LogP contribution >= 0.6 is 11.6 Å². The van der Waals surface area contributed by atoms with E-state index in [9.17, 15) is 4.79 Å². The number of hydrogen-bond donors (Lipinski definition) is 0. The molecule has 2 aromatic carbocycles. The molecule has 0 amide bonds. The van der Waals surface area contributed by atoms with Crippen molar-refractivity contribution in [3.63, 3.8) is 0 Å². The lowest BCUT2D eigenvalue weighted by Gasteiger charge is -2.05. The van der Waals surface area contributed by atoms with Gasteiger partial charge in [-0.2, -0.15) is 0 Å². The fourth-order valence-electron chi connectivity index (χ4n) is 2.73. The number of pyridine rings is 1. The van der Waals surface area contributed by atoms with Gasteiger partial charge in [-0.1, -0.05) is 42.5 Å². The van der Waals surface area contributed by atoms with Gasteiger partial charge in [0.1, 0.15) is 5.82 Å². The number of halogens is 1. The average molecular weight is 307 g/mol. The van der Waals surface area contributed by atoms with E-state index in [0.717, 1.165) is 27.5 Å². The van der Waals surface area contributed by atoms with E-state index >= 15 is 0 Å². The molecule has 0 fully saturated rings. The van der Waals surface area contributed by atoms with Crippen molar-refractivity contribution in [1.29, 1.82) is 0 Å². The topological polar surface area (TPSA) is 34.9 Å². The Labute approximate surface area is 131 Å². The number of benzene rings is 2. The number of para-hydroxylation sites is 1. The third-order valence-corrected chi connectivity index (χ3v) is 3.99. The molecule has 0 unspecified atom stereocenters. The number of carbonyl (C=O) groups is 1. The Balaban J connectivity index is 2.01. The molecule has 4 rings (SSSR count). The summed E-state index contributed by atoms with van der Waals surface area (Å²) < 4.78 is 1.90. The Bertz CT molecular complexity index is 1020. The van der Waals surface area contributed by atoms with Crippen LogP contribution in [-0.2, 0) is 0 Å². The summed E-state index contributed by atoms with van der Waals surface area (Å²) in [5.74, 6) is 0.763. The molecule has 2 heterocycles. The smallest absolute Gasteiger partial charge is 0.254 e. The molecule has 3 nitrogen and oxygen atoms in total. The van der Waals surface area contributed by atoms with Gasteiger partial charge >= 0.3 is 0 Å². The van der Waals surface area contributed by atoms with Crippen molar-refractivity contribution in [3.8, 4) is 5.82 Å². The number of aromatic nitrogens is 2. The molecule has 0 saturated carbocycles. The van der Waals surface area contributed by atoms with E-state index in [-0.39, 0.29) is 0 Å². The molecule has 0 aliphatic heterocycles. The average Bonchev–Trinajstić information content (AvgIpc) is 2.94. The van der Waals surface area contributed by atoms with Crippen LogP contribution in [0.1, 0.15) is 10.4 Å². The summed E-state index contributed by atoms with van der Waals surface area (Å²) in [6, 6.07) is 17.7. The second kappa shape index (κ2) is 4.97. The number of fused-ring (bicyclic) bond motifs is 2. The number of carbonyl (C=O) groups excluding carboxylic acids is 1. The van der Waals surface area contributed by atoms with Gasteiger partial charge in [0.2, 0.25) is 0 Å². The molecule has 0 spiro atoms. The summed E-state index contributed by atoms with van der Waals surface area (Å²) >= 11 is 5.71. The first kappa shape index (κ1) is 13.0. The Kier molecular flexibility index (Phi) is 2.94. The van der Waals surface area contributed by atoms with E-state index in [1.54, 1.807) is 6.20 Å². The van der Waals surface area contributed by atoms with E-state index in [4.69, 9.17) is 11.6 Å². The number of hydrogen-bond acceptors (Lipinski definition) is 2. The zero-order valence-corrected chi connectivity index (χ0v) is 12.3. The molecule has 4 heteroatoms. The monoisotopic (exact) mass is 306 g/mol. The second-order valence-electron chi connectivity index (χ2n) is 5.09. The van der Waals surface area contributed by atoms with Crippen LogP contribution in [0.25, 0.3) is 27.5 Å². The quantitative estimate of drug-likeness (QED) is 0.509. The van der Waals surface area contributed by atoms with E-state index < -0.39 is 5.24 Å². The van der Waals surface area contributed by atoms with E-state index in [2.05, 4.69) is 4.98 Å². The molecule has 2 aromatic heterocycles. The van der Waals surface area contributed by atoms with Crippen LogP contribution in [0.5, 0.6) is 0 Å². The largest absolute Gasteiger partial charge is 0.300 e. The fraction of sp³-hybridized carbons (Fsp3) is 0. The molecule has 0 bridgehead atoms. The second-order valence-corrected chi connectivity index (χ2v) is 5.44. The zero-order chi connectivity index (χ0) is 15.1. The third kappa shape index (κ3) is 1.98. The zero-order valence-electron chi connectivity index (χ0n) is 11.5. The highest BCUT2D eigenvalue weighted by molar-refractivity contribution is 6.68. The maximum atomic E-state index is 11.6. The van der Waals surface area contributed by atoms with Gasteiger partial charge in [0.15, 0.2) is 0 Å². The van der Waals surface area contributed by atoms with Crippen LogP contribution in [0.3, 0.4) is 0 Å². The standard InChI is InChI=1S/C18H11ClN2O/c19-18(22)15-11-21(16-8-4-3-7-14(15)16)17-9-12-5-1-2-6-13(12)10-20-17/h1-11H. The van der Waals surface area contributed by atoms with Crippen molar-refractivity contribution >= 4 is 38.5 Å². The van der Waals surface area contributed by atoms with Gasteiger partial charge in [0, 0.05) is 23.2 Å². The normalized spacial score (nSPS) is 11.1. The first-order chi connectivity index (χ1) is 10.7.